The van der Waals surface area contributed by atoms with Gasteiger partial charge in [-0.25, -0.2) is 0 Å². The minimum atomic E-state index is -0.632. The van der Waals surface area contributed by atoms with E-state index in [4.69, 9.17) is 23.7 Å². The van der Waals surface area contributed by atoms with Crippen molar-refractivity contribution in [1.29, 1.82) is 0 Å². The topological polar surface area (TPSA) is 46.2 Å². The number of ether oxygens (including phenoxy) is 5. The second kappa shape index (κ2) is 6.02. The van der Waals surface area contributed by atoms with Crippen LogP contribution in [0.1, 0.15) is 66.7 Å². The maximum atomic E-state index is 6.18. The third-order valence-electron chi connectivity index (χ3n) is 4.59. The van der Waals surface area contributed by atoms with Crippen molar-refractivity contribution in [3.63, 3.8) is 0 Å². The Bertz CT molecular complexity index is 395. The van der Waals surface area contributed by atoms with Gasteiger partial charge in [-0.15, -0.1) is 0 Å². The van der Waals surface area contributed by atoms with Gasteiger partial charge in [-0.05, 0) is 34.1 Å². The van der Waals surface area contributed by atoms with Crippen molar-refractivity contribution in [3.05, 3.63) is 0 Å². The van der Waals surface area contributed by atoms with Crippen molar-refractivity contribution in [3.8, 4) is 0 Å². The molecule has 0 radical (unpaired) electrons. The van der Waals surface area contributed by atoms with Gasteiger partial charge in [0, 0.05) is 0 Å². The summed E-state index contributed by atoms with van der Waals surface area (Å²) in [5.41, 5.74) is 0. The Morgan fingerprint density at radius 3 is 2.09 bits per heavy atom. The normalized spacial score (nSPS) is 42.1. The van der Waals surface area contributed by atoms with Gasteiger partial charge in [0.15, 0.2) is 17.9 Å². The van der Waals surface area contributed by atoms with Crippen LogP contribution in [0.4, 0.5) is 0 Å². The first-order valence-electron chi connectivity index (χ1n) is 8.68. The van der Waals surface area contributed by atoms with Gasteiger partial charge < -0.3 is 23.7 Å². The Labute approximate surface area is 133 Å². The number of hydrogen-bond acceptors (Lipinski definition) is 5. The van der Waals surface area contributed by atoms with Crippen LogP contribution in [0, 0.1) is 0 Å². The van der Waals surface area contributed by atoms with E-state index in [2.05, 4.69) is 6.92 Å². The molecular formula is C17H30O5. The standard InChI is InChI=1S/C17H30O5/c1-6-7-8-9-10-11-12-13(20-16(2,3)19-12)14-15(18-11)22-17(4,5)21-14/h11-15H,6-10H2,1-5H3/t11-,12+,13+,14-,15-/m1/s1. The molecule has 5 heteroatoms. The first-order chi connectivity index (χ1) is 10.3. The molecule has 5 nitrogen and oxygen atoms in total. The lowest BCUT2D eigenvalue weighted by molar-refractivity contribution is -0.235. The summed E-state index contributed by atoms with van der Waals surface area (Å²) in [4.78, 5) is 0. The van der Waals surface area contributed by atoms with Gasteiger partial charge in [0.25, 0.3) is 0 Å². The van der Waals surface area contributed by atoms with Crippen LogP contribution in [0.25, 0.3) is 0 Å². The highest BCUT2D eigenvalue weighted by Crippen LogP contribution is 2.44. The van der Waals surface area contributed by atoms with Gasteiger partial charge in [0.1, 0.15) is 18.3 Å². The van der Waals surface area contributed by atoms with Crippen molar-refractivity contribution < 1.29 is 23.7 Å². The van der Waals surface area contributed by atoms with Gasteiger partial charge in [-0.3, -0.25) is 0 Å². The number of fused-ring (bicyclic) bond motifs is 3. The molecule has 0 spiro atoms. The molecule has 3 heterocycles. The van der Waals surface area contributed by atoms with Crippen molar-refractivity contribution in [2.75, 3.05) is 0 Å². The predicted octanol–water partition coefficient (Wildman–Crippen LogP) is 3.35. The predicted molar refractivity (Wildman–Crippen MR) is 81.3 cm³/mol. The molecule has 0 N–H and O–H groups in total. The highest BCUT2D eigenvalue weighted by molar-refractivity contribution is 4.99. The summed E-state index contributed by atoms with van der Waals surface area (Å²) in [7, 11) is 0. The Hall–Kier alpha value is -0.200. The second-order valence-electron chi connectivity index (χ2n) is 7.56. The van der Waals surface area contributed by atoms with Crippen molar-refractivity contribution in [2.45, 2.75) is 109 Å². The van der Waals surface area contributed by atoms with Crippen molar-refractivity contribution in [1.82, 2.24) is 0 Å². The lowest BCUT2D eigenvalue weighted by Crippen LogP contribution is -2.54. The van der Waals surface area contributed by atoms with Crippen LogP contribution in [-0.2, 0) is 23.7 Å². The molecule has 3 saturated heterocycles. The maximum absolute atomic E-state index is 6.18. The molecular weight excluding hydrogens is 284 g/mol. The van der Waals surface area contributed by atoms with Crippen LogP contribution in [0.15, 0.2) is 0 Å². The Kier molecular flexibility index (Phi) is 4.56. The lowest BCUT2D eigenvalue weighted by atomic mass is 9.95. The fourth-order valence-corrected chi connectivity index (χ4v) is 3.70. The van der Waals surface area contributed by atoms with E-state index in [1.54, 1.807) is 0 Å². The summed E-state index contributed by atoms with van der Waals surface area (Å²) in [6.07, 6.45) is 5.11. The van der Waals surface area contributed by atoms with E-state index in [0.29, 0.717) is 0 Å². The molecule has 0 amide bonds. The summed E-state index contributed by atoms with van der Waals surface area (Å²) in [5.74, 6) is -1.22. The van der Waals surface area contributed by atoms with E-state index in [1.807, 2.05) is 27.7 Å². The quantitative estimate of drug-likeness (QED) is 0.728. The number of unbranched alkanes of at least 4 members (excludes halogenated alkanes) is 3. The highest BCUT2D eigenvalue weighted by atomic mass is 16.9. The summed E-state index contributed by atoms with van der Waals surface area (Å²) in [6, 6.07) is 0. The number of hydrogen-bond donors (Lipinski definition) is 0. The molecule has 0 unspecified atom stereocenters. The molecule has 0 aromatic heterocycles. The Balaban J connectivity index is 1.69. The van der Waals surface area contributed by atoms with Crippen LogP contribution < -0.4 is 0 Å². The molecule has 5 atom stereocenters. The summed E-state index contributed by atoms with van der Waals surface area (Å²) in [6.45, 7) is 9.96. The van der Waals surface area contributed by atoms with E-state index in [1.165, 1.54) is 19.3 Å². The van der Waals surface area contributed by atoms with E-state index < -0.39 is 11.6 Å². The molecule has 3 aliphatic heterocycles. The third-order valence-corrected chi connectivity index (χ3v) is 4.59. The smallest absolute Gasteiger partial charge is 0.190 e. The fourth-order valence-electron chi connectivity index (χ4n) is 3.70. The van der Waals surface area contributed by atoms with Gasteiger partial charge in [-0.2, -0.15) is 0 Å². The molecule has 3 rings (SSSR count). The zero-order valence-electron chi connectivity index (χ0n) is 14.5. The second-order valence-corrected chi connectivity index (χ2v) is 7.56. The summed E-state index contributed by atoms with van der Waals surface area (Å²) in [5, 5.41) is 0. The number of rotatable bonds is 5. The Morgan fingerprint density at radius 1 is 0.727 bits per heavy atom. The van der Waals surface area contributed by atoms with E-state index in [9.17, 15) is 0 Å². The van der Waals surface area contributed by atoms with Gasteiger partial charge >= 0.3 is 0 Å². The molecule has 128 valence electrons. The molecule has 3 aliphatic rings. The molecule has 0 aliphatic carbocycles. The monoisotopic (exact) mass is 314 g/mol. The van der Waals surface area contributed by atoms with Gasteiger partial charge in [0.2, 0.25) is 0 Å². The highest BCUT2D eigenvalue weighted by Gasteiger charge is 2.60. The molecule has 22 heavy (non-hydrogen) atoms. The Morgan fingerprint density at radius 2 is 1.36 bits per heavy atom. The van der Waals surface area contributed by atoms with E-state index >= 15 is 0 Å². The SMILES string of the molecule is CCCCCC[C@H]1O[C@@H]2OC(C)(C)O[C@@H]2[C@H]2OC(C)(C)O[C@H]21. The van der Waals surface area contributed by atoms with E-state index in [0.717, 1.165) is 12.8 Å². The van der Waals surface area contributed by atoms with Crippen LogP contribution in [0.3, 0.4) is 0 Å². The van der Waals surface area contributed by atoms with Crippen molar-refractivity contribution in [2.24, 2.45) is 0 Å². The maximum Gasteiger partial charge on any atom is 0.190 e. The largest absolute Gasteiger partial charge is 0.344 e. The summed E-state index contributed by atoms with van der Waals surface area (Å²) >= 11 is 0. The zero-order chi connectivity index (χ0) is 16.0. The van der Waals surface area contributed by atoms with Crippen LogP contribution in [0.2, 0.25) is 0 Å². The van der Waals surface area contributed by atoms with Gasteiger partial charge in [0.05, 0.1) is 6.10 Å². The third kappa shape index (κ3) is 3.34. The average Bonchev–Trinajstić information content (AvgIpc) is 2.89. The fraction of sp³-hybridized carbons (Fsp3) is 1.00. The molecule has 3 fully saturated rings. The summed E-state index contributed by atoms with van der Waals surface area (Å²) < 4.78 is 30.3. The molecule has 0 aromatic carbocycles. The van der Waals surface area contributed by atoms with Gasteiger partial charge in [-0.1, -0.05) is 32.6 Å². The lowest BCUT2D eigenvalue weighted by Gasteiger charge is -2.37. The molecule has 0 bridgehead atoms. The molecule has 0 saturated carbocycles. The van der Waals surface area contributed by atoms with Crippen LogP contribution in [0.5, 0.6) is 0 Å². The first kappa shape index (κ1) is 16.7. The van der Waals surface area contributed by atoms with Crippen LogP contribution >= 0.6 is 0 Å². The first-order valence-corrected chi connectivity index (χ1v) is 8.68. The van der Waals surface area contributed by atoms with E-state index in [-0.39, 0.29) is 30.7 Å². The molecule has 0 aromatic rings. The van der Waals surface area contributed by atoms with Crippen molar-refractivity contribution >= 4 is 0 Å². The zero-order valence-corrected chi connectivity index (χ0v) is 14.5. The minimum absolute atomic E-state index is 0.0161. The van der Waals surface area contributed by atoms with Crippen LogP contribution in [-0.4, -0.2) is 42.3 Å². The average molecular weight is 314 g/mol. The minimum Gasteiger partial charge on any atom is -0.344 e.